The molecule has 0 saturated carbocycles. The smallest absolute Gasteiger partial charge is 0.211 e. The van der Waals surface area contributed by atoms with Crippen LogP contribution in [0.2, 0.25) is 0 Å². The molecule has 0 aliphatic rings. The predicted octanol–water partition coefficient (Wildman–Crippen LogP) is 0.580. The third-order valence-corrected chi connectivity index (χ3v) is 3.78. The molecular weight excluding hydrogens is 202 g/mol. The van der Waals surface area contributed by atoms with Crippen LogP contribution < -0.4 is 4.72 Å². The van der Waals surface area contributed by atoms with Crippen molar-refractivity contribution in [2.45, 2.75) is 27.2 Å². The molecule has 0 aromatic carbocycles. The van der Waals surface area contributed by atoms with Gasteiger partial charge in [-0.05, 0) is 11.8 Å². The lowest BCUT2D eigenvalue weighted by Gasteiger charge is -2.12. The molecule has 0 saturated heterocycles. The standard InChI is InChI=1S/C9H21NO3S/c1-4-8(2)7-14(12,13)10-5-9(3)6-11/h8-11H,4-7H2,1-3H3. The quantitative estimate of drug-likeness (QED) is 0.663. The van der Waals surface area contributed by atoms with Crippen molar-refractivity contribution in [3.63, 3.8) is 0 Å². The number of nitrogens with one attached hydrogen (secondary N) is 1. The summed E-state index contributed by atoms with van der Waals surface area (Å²) < 4.78 is 25.3. The third-order valence-electron chi connectivity index (χ3n) is 2.16. The van der Waals surface area contributed by atoms with Crippen LogP contribution in [0.25, 0.3) is 0 Å². The highest BCUT2D eigenvalue weighted by atomic mass is 32.2. The number of hydrogen-bond donors (Lipinski definition) is 2. The summed E-state index contributed by atoms with van der Waals surface area (Å²) in [4.78, 5) is 0. The molecule has 2 N–H and O–H groups in total. The lowest BCUT2D eigenvalue weighted by molar-refractivity contribution is 0.238. The molecule has 0 radical (unpaired) electrons. The van der Waals surface area contributed by atoms with Crippen LogP contribution in [-0.4, -0.2) is 32.4 Å². The first-order valence-corrected chi connectivity index (χ1v) is 6.64. The monoisotopic (exact) mass is 223 g/mol. The SMILES string of the molecule is CCC(C)CS(=O)(=O)NCC(C)CO. The first kappa shape index (κ1) is 13.9. The number of aliphatic hydroxyl groups is 1. The summed E-state index contributed by atoms with van der Waals surface area (Å²) in [5, 5.41) is 8.72. The second-order valence-corrected chi connectivity index (χ2v) is 5.78. The van der Waals surface area contributed by atoms with E-state index in [1.807, 2.05) is 13.8 Å². The van der Waals surface area contributed by atoms with E-state index in [0.29, 0.717) is 6.54 Å². The van der Waals surface area contributed by atoms with Gasteiger partial charge >= 0.3 is 0 Å². The summed E-state index contributed by atoms with van der Waals surface area (Å²) in [6, 6.07) is 0. The second kappa shape index (κ2) is 6.37. The van der Waals surface area contributed by atoms with E-state index in [2.05, 4.69) is 4.72 Å². The van der Waals surface area contributed by atoms with Crippen molar-refractivity contribution < 1.29 is 13.5 Å². The molecule has 5 heteroatoms. The van der Waals surface area contributed by atoms with E-state index in [9.17, 15) is 8.42 Å². The fraction of sp³-hybridized carbons (Fsp3) is 1.00. The molecule has 0 amide bonds. The summed E-state index contributed by atoms with van der Waals surface area (Å²) in [7, 11) is -3.16. The Morgan fingerprint density at radius 1 is 1.29 bits per heavy atom. The highest BCUT2D eigenvalue weighted by Gasteiger charge is 2.14. The van der Waals surface area contributed by atoms with Crippen LogP contribution in [0.3, 0.4) is 0 Å². The third kappa shape index (κ3) is 6.34. The van der Waals surface area contributed by atoms with Crippen LogP contribution in [0, 0.1) is 11.8 Å². The first-order chi connectivity index (χ1) is 6.41. The normalized spacial score (nSPS) is 16.6. The Balaban J connectivity index is 3.96. The average Bonchev–Trinajstić information content (AvgIpc) is 2.13. The number of hydrogen-bond acceptors (Lipinski definition) is 3. The van der Waals surface area contributed by atoms with Gasteiger partial charge in [-0.15, -0.1) is 0 Å². The van der Waals surface area contributed by atoms with Gasteiger partial charge in [0.1, 0.15) is 0 Å². The van der Waals surface area contributed by atoms with Gasteiger partial charge in [0.15, 0.2) is 0 Å². The Labute approximate surface area is 86.8 Å². The molecule has 0 heterocycles. The Morgan fingerprint density at radius 2 is 1.86 bits per heavy atom. The summed E-state index contributed by atoms with van der Waals surface area (Å²) in [5.41, 5.74) is 0. The van der Waals surface area contributed by atoms with E-state index in [0.717, 1.165) is 6.42 Å². The number of rotatable bonds is 7. The minimum Gasteiger partial charge on any atom is -0.396 e. The molecule has 2 unspecified atom stereocenters. The molecule has 86 valence electrons. The van der Waals surface area contributed by atoms with Crippen LogP contribution >= 0.6 is 0 Å². The Morgan fingerprint density at radius 3 is 2.29 bits per heavy atom. The zero-order chi connectivity index (χ0) is 11.2. The molecular formula is C9H21NO3S. The van der Waals surface area contributed by atoms with Crippen molar-refractivity contribution in [2.24, 2.45) is 11.8 Å². The molecule has 0 spiro atoms. The minimum atomic E-state index is -3.16. The summed E-state index contributed by atoms with van der Waals surface area (Å²) in [6.45, 7) is 6.00. The van der Waals surface area contributed by atoms with Crippen molar-refractivity contribution in [2.75, 3.05) is 18.9 Å². The minimum absolute atomic E-state index is 0.00580. The molecule has 0 aliphatic heterocycles. The van der Waals surface area contributed by atoms with E-state index in [1.165, 1.54) is 0 Å². The lowest BCUT2D eigenvalue weighted by atomic mass is 10.2. The topological polar surface area (TPSA) is 66.4 Å². The molecule has 0 rings (SSSR count). The molecule has 0 aromatic rings. The molecule has 0 aromatic heterocycles. The fourth-order valence-corrected chi connectivity index (χ4v) is 2.53. The summed E-state index contributed by atoms with van der Waals surface area (Å²) in [6.07, 6.45) is 0.858. The van der Waals surface area contributed by atoms with E-state index in [4.69, 9.17) is 5.11 Å². The van der Waals surface area contributed by atoms with Gasteiger partial charge in [0, 0.05) is 13.2 Å². The molecule has 14 heavy (non-hydrogen) atoms. The molecule has 0 bridgehead atoms. The largest absolute Gasteiger partial charge is 0.396 e. The maximum atomic E-state index is 11.4. The molecule has 2 atom stereocenters. The average molecular weight is 223 g/mol. The maximum Gasteiger partial charge on any atom is 0.211 e. The highest BCUT2D eigenvalue weighted by Crippen LogP contribution is 2.04. The van der Waals surface area contributed by atoms with Crippen LogP contribution in [0.15, 0.2) is 0 Å². The van der Waals surface area contributed by atoms with E-state index < -0.39 is 10.0 Å². The fourth-order valence-electron chi connectivity index (χ4n) is 0.885. The van der Waals surface area contributed by atoms with Crippen LogP contribution in [0.1, 0.15) is 27.2 Å². The predicted molar refractivity (Wildman–Crippen MR) is 57.5 cm³/mol. The van der Waals surface area contributed by atoms with Gasteiger partial charge in [0.2, 0.25) is 10.0 Å². The van der Waals surface area contributed by atoms with Gasteiger partial charge in [-0.1, -0.05) is 27.2 Å². The first-order valence-electron chi connectivity index (χ1n) is 4.99. The van der Waals surface area contributed by atoms with Gasteiger partial charge in [-0.3, -0.25) is 0 Å². The summed E-state index contributed by atoms with van der Waals surface area (Å²) >= 11 is 0. The van der Waals surface area contributed by atoms with Gasteiger partial charge in [-0.2, -0.15) is 0 Å². The zero-order valence-corrected chi connectivity index (χ0v) is 9.97. The highest BCUT2D eigenvalue weighted by molar-refractivity contribution is 7.89. The van der Waals surface area contributed by atoms with Crippen LogP contribution in [-0.2, 0) is 10.0 Å². The number of aliphatic hydroxyl groups excluding tert-OH is 1. The van der Waals surface area contributed by atoms with Gasteiger partial charge in [-0.25, -0.2) is 13.1 Å². The van der Waals surface area contributed by atoms with Crippen molar-refractivity contribution in [1.29, 1.82) is 0 Å². The van der Waals surface area contributed by atoms with Gasteiger partial charge < -0.3 is 5.11 Å². The van der Waals surface area contributed by atoms with Crippen LogP contribution in [0.4, 0.5) is 0 Å². The zero-order valence-electron chi connectivity index (χ0n) is 9.16. The lowest BCUT2D eigenvalue weighted by Crippen LogP contribution is -2.33. The number of sulfonamides is 1. The van der Waals surface area contributed by atoms with E-state index >= 15 is 0 Å². The van der Waals surface area contributed by atoms with Gasteiger partial charge in [0.25, 0.3) is 0 Å². The Kier molecular flexibility index (Phi) is 6.31. The van der Waals surface area contributed by atoms with E-state index in [-0.39, 0.29) is 24.2 Å². The molecule has 4 nitrogen and oxygen atoms in total. The maximum absolute atomic E-state index is 11.4. The van der Waals surface area contributed by atoms with Crippen molar-refractivity contribution >= 4 is 10.0 Å². The van der Waals surface area contributed by atoms with Crippen molar-refractivity contribution in [3.05, 3.63) is 0 Å². The van der Waals surface area contributed by atoms with Crippen LogP contribution in [0.5, 0.6) is 0 Å². The Bertz CT molecular complexity index is 238. The van der Waals surface area contributed by atoms with Crippen molar-refractivity contribution in [3.8, 4) is 0 Å². The molecule has 0 fully saturated rings. The van der Waals surface area contributed by atoms with Crippen molar-refractivity contribution in [1.82, 2.24) is 4.72 Å². The molecule has 0 aliphatic carbocycles. The summed E-state index contributed by atoms with van der Waals surface area (Å²) in [5.74, 6) is 0.320. The second-order valence-electron chi connectivity index (χ2n) is 3.93. The van der Waals surface area contributed by atoms with E-state index in [1.54, 1.807) is 6.92 Å². The Hall–Kier alpha value is -0.130. The van der Waals surface area contributed by atoms with Gasteiger partial charge in [0.05, 0.1) is 5.75 Å².